The maximum atomic E-state index is 11.0. The molecule has 0 radical (unpaired) electrons. The van der Waals surface area contributed by atoms with Crippen molar-refractivity contribution >= 4 is 27.3 Å². The molecule has 1 aromatic rings. The van der Waals surface area contributed by atoms with E-state index in [1.165, 1.54) is 0 Å². The normalized spacial score (nSPS) is 10.3. The predicted octanol–water partition coefficient (Wildman–Crippen LogP) is 3.11. The molecule has 0 aliphatic rings. The first-order chi connectivity index (χ1) is 8.07. The Balaban J connectivity index is 2.84. The molecule has 0 unspecified atom stereocenters. The smallest absolute Gasteiger partial charge is 0.296 e. The highest BCUT2D eigenvalue weighted by Crippen LogP contribution is 2.33. The van der Waals surface area contributed by atoms with Crippen molar-refractivity contribution in [2.75, 3.05) is 25.1 Å². The zero-order chi connectivity index (χ0) is 12.8. The summed E-state index contributed by atoms with van der Waals surface area (Å²) in [5.41, 5.74) is 1.25. The number of nitro groups is 1. The molecule has 17 heavy (non-hydrogen) atoms. The second kappa shape index (κ2) is 6.56. The minimum atomic E-state index is -0.372. The summed E-state index contributed by atoms with van der Waals surface area (Å²) in [6.45, 7) is 5.35. The molecule has 6 heteroatoms. The van der Waals surface area contributed by atoms with Crippen LogP contribution in [0, 0.1) is 17.0 Å². The maximum Gasteiger partial charge on any atom is 0.296 e. The number of nitrogens with one attached hydrogen (secondary N) is 1. The molecule has 0 aromatic heterocycles. The van der Waals surface area contributed by atoms with Crippen molar-refractivity contribution in [1.29, 1.82) is 0 Å². The highest BCUT2D eigenvalue weighted by Gasteiger charge is 2.18. The van der Waals surface area contributed by atoms with Gasteiger partial charge in [-0.05, 0) is 26.0 Å². The number of anilines is 1. The van der Waals surface area contributed by atoms with E-state index in [0.29, 0.717) is 31.0 Å². The summed E-state index contributed by atoms with van der Waals surface area (Å²) in [4.78, 5) is 10.6. The molecular weight excluding hydrogens is 288 g/mol. The molecule has 5 nitrogen and oxygen atoms in total. The van der Waals surface area contributed by atoms with Gasteiger partial charge in [-0.1, -0.05) is 15.9 Å². The van der Waals surface area contributed by atoms with E-state index in [2.05, 4.69) is 21.2 Å². The van der Waals surface area contributed by atoms with Gasteiger partial charge in [-0.2, -0.15) is 0 Å². The predicted molar refractivity (Wildman–Crippen MR) is 70.5 cm³/mol. The summed E-state index contributed by atoms with van der Waals surface area (Å²) >= 11 is 3.28. The lowest BCUT2D eigenvalue weighted by atomic mass is 10.1. The van der Waals surface area contributed by atoms with Crippen molar-refractivity contribution in [2.24, 2.45) is 0 Å². The van der Waals surface area contributed by atoms with E-state index in [1.54, 1.807) is 19.1 Å². The number of ether oxygens (including phenoxy) is 1. The monoisotopic (exact) mass is 302 g/mol. The van der Waals surface area contributed by atoms with Crippen molar-refractivity contribution in [1.82, 2.24) is 0 Å². The molecule has 0 heterocycles. The summed E-state index contributed by atoms with van der Waals surface area (Å²) in [5, 5.41) is 14.0. The lowest BCUT2D eigenvalue weighted by Gasteiger charge is -2.09. The first-order valence-electron chi connectivity index (χ1n) is 5.33. The van der Waals surface area contributed by atoms with Crippen LogP contribution in [0.1, 0.15) is 12.5 Å². The maximum absolute atomic E-state index is 11.0. The van der Waals surface area contributed by atoms with Crippen LogP contribution in [-0.4, -0.2) is 24.7 Å². The molecule has 94 valence electrons. The van der Waals surface area contributed by atoms with Crippen molar-refractivity contribution in [3.05, 3.63) is 32.3 Å². The molecule has 0 bridgehead atoms. The van der Waals surface area contributed by atoms with Crippen LogP contribution in [0.5, 0.6) is 0 Å². The van der Waals surface area contributed by atoms with Crippen LogP contribution in [0.2, 0.25) is 0 Å². The Labute approximate surface area is 108 Å². The van der Waals surface area contributed by atoms with Gasteiger partial charge >= 0.3 is 0 Å². The lowest BCUT2D eigenvalue weighted by Crippen LogP contribution is -2.11. The molecule has 1 aromatic carbocycles. The van der Waals surface area contributed by atoms with Crippen LogP contribution >= 0.6 is 15.9 Å². The third-order valence-corrected chi connectivity index (χ3v) is 3.17. The van der Waals surface area contributed by atoms with Crippen LogP contribution < -0.4 is 5.32 Å². The van der Waals surface area contributed by atoms with Gasteiger partial charge in [0.1, 0.15) is 5.69 Å². The van der Waals surface area contributed by atoms with Crippen molar-refractivity contribution < 1.29 is 9.66 Å². The largest absolute Gasteiger partial charge is 0.380 e. The third kappa shape index (κ3) is 3.67. The molecule has 0 saturated carbocycles. The number of hydrogen-bond acceptors (Lipinski definition) is 4. The average Bonchev–Trinajstić information content (AvgIpc) is 2.28. The summed E-state index contributed by atoms with van der Waals surface area (Å²) in [7, 11) is 0. The van der Waals surface area contributed by atoms with Gasteiger partial charge in [0.25, 0.3) is 5.69 Å². The van der Waals surface area contributed by atoms with Gasteiger partial charge in [0, 0.05) is 23.2 Å². The standard InChI is InChI=1S/C11H15BrN2O3/c1-3-17-7-6-13-10-5-4-9(12)8(2)11(10)14(15)16/h4-5,13H,3,6-7H2,1-2H3. The highest BCUT2D eigenvalue weighted by molar-refractivity contribution is 9.10. The van der Waals surface area contributed by atoms with Crippen LogP contribution in [0.4, 0.5) is 11.4 Å². The van der Waals surface area contributed by atoms with Crippen LogP contribution in [0.25, 0.3) is 0 Å². The van der Waals surface area contributed by atoms with Gasteiger partial charge in [-0.15, -0.1) is 0 Å². The Kier molecular flexibility index (Phi) is 5.37. The number of benzene rings is 1. The van der Waals surface area contributed by atoms with Crippen LogP contribution in [0.3, 0.4) is 0 Å². The molecular formula is C11H15BrN2O3. The zero-order valence-corrected chi connectivity index (χ0v) is 11.4. The zero-order valence-electron chi connectivity index (χ0n) is 9.83. The second-order valence-corrected chi connectivity index (χ2v) is 4.30. The van der Waals surface area contributed by atoms with Crippen LogP contribution in [-0.2, 0) is 4.74 Å². The van der Waals surface area contributed by atoms with E-state index in [-0.39, 0.29) is 10.6 Å². The molecule has 0 spiro atoms. The van der Waals surface area contributed by atoms with E-state index >= 15 is 0 Å². The quantitative estimate of drug-likeness (QED) is 0.498. The fourth-order valence-electron chi connectivity index (χ4n) is 1.46. The molecule has 0 saturated heterocycles. The third-order valence-electron chi connectivity index (χ3n) is 2.31. The number of nitrogens with zero attached hydrogens (tertiary/aromatic N) is 1. The van der Waals surface area contributed by atoms with Crippen molar-refractivity contribution in [2.45, 2.75) is 13.8 Å². The Morgan fingerprint density at radius 3 is 2.82 bits per heavy atom. The van der Waals surface area contributed by atoms with Crippen molar-refractivity contribution in [3.8, 4) is 0 Å². The molecule has 0 aliphatic heterocycles. The minimum Gasteiger partial charge on any atom is -0.380 e. The summed E-state index contributed by atoms with van der Waals surface area (Å²) in [6.07, 6.45) is 0. The number of rotatable bonds is 6. The fourth-order valence-corrected chi connectivity index (χ4v) is 1.78. The molecule has 0 fully saturated rings. The molecule has 1 N–H and O–H groups in total. The van der Waals surface area contributed by atoms with E-state index in [4.69, 9.17) is 4.74 Å². The molecule has 0 aliphatic carbocycles. The van der Waals surface area contributed by atoms with Gasteiger partial charge < -0.3 is 10.1 Å². The fraction of sp³-hybridized carbons (Fsp3) is 0.455. The lowest BCUT2D eigenvalue weighted by molar-refractivity contribution is -0.384. The van der Waals surface area contributed by atoms with E-state index in [9.17, 15) is 10.1 Å². The van der Waals surface area contributed by atoms with Gasteiger partial charge in [0.15, 0.2) is 0 Å². The van der Waals surface area contributed by atoms with Gasteiger partial charge in [0.2, 0.25) is 0 Å². The second-order valence-electron chi connectivity index (χ2n) is 3.45. The van der Waals surface area contributed by atoms with E-state index < -0.39 is 0 Å². The topological polar surface area (TPSA) is 64.4 Å². The summed E-state index contributed by atoms with van der Waals surface area (Å²) < 4.78 is 5.90. The minimum absolute atomic E-state index is 0.107. The molecule has 0 atom stereocenters. The number of nitro benzene ring substituents is 1. The first-order valence-corrected chi connectivity index (χ1v) is 6.12. The van der Waals surface area contributed by atoms with Gasteiger partial charge in [-0.25, -0.2) is 0 Å². The first kappa shape index (κ1) is 13.9. The molecule has 1 rings (SSSR count). The Morgan fingerprint density at radius 1 is 1.53 bits per heavy atom. The summed E-state index contributed by atoms with van der Waals surface area (Å²) in [5.74, 6) is 0. The van der Waals surface area contributed by atoms with Gasteiger partial charge in [0.05, 0.1) is 11.5 Å². The Hall–Kier alpha value is -1.14. The average molecular weight is 303 g/mol. The van der Waals surface area contributed by atoms with Crippen molar-refractivity contribution in [3.63, 3.8) is 0 Å². The number of halogens is 1. The highest BCUT2D eigenvalue weighted by atomic mass is 79.9. The molecule has 0 amide bonds. The van der Waals surface area contributed by atoms with E-state index in [0.717, 1.165) is 4.47 Å². The SMILES string of the molecule is CCOCCNc1ccc(Br)c(C)c1[N+](=O)[O-]. The van der Waals surface area contributed by atoms with Crippen LogP contribution in [0.15, 0.2) is 16.6 Å². The van der Waals surface area contributed by atoms with Gasteiger partial charge in [-0.3, -0.25) is 10.1 Å². The van der Waals surface area contributed by atoms with E-state index in [1.807, 2.05) is 6.92 Å². The Bertz CT molecular complexity index is 410. The number of hydrogen-bond donors (Lipinski definition) is 1. The summed E-state index contributed by atoms with van der Waals surface area (Å²) in [6, 6.07) is 3.49. The Morgan fingerprint density at radius 2 is 2.24 bits per heavy atom.